The number of nitrogens with zero attached hydrogens (tertiary/aromatic N) is 1. The Morgan fingerprint density at radius 1 is 1.22 bits per heavy atom. The number of amides is 3. The molecule has 0 aromatic rings. The molecule has 0 aromatic carbocycles. The topological polar surface area (TPSA) is 90.9 Å². The van der Waals surface area contributed by atoms with Gasteiger partial charge in [0.05, 0.1) is 25.2 Å². The Kier molecular flexibility index (Phi) is 6.41. The van der Waals surface area contributed by atoms with Gasteiger partial charge in [0.25, 0.3) is 0 Å². The van der Waals surface area contributed by atoms with Crippen LogP contribution in [0.4, 0.5) is 4.79 Å². The maximum atomic E-state index is 12.0. The number of hydrogen-bond donors (Lipinski definition) is 3. The van der Waals surface area contributed by atoms with Crippen molar-refractivity contribution < 1.29 is 19.4 Å². The Balaban J connectivity index is 1.86. The fourth-order valence-electron chi connectivity index (χ4n) is 2.94. The Morgan fingerprint density at radius 3 is 2.52 bits per heavy atom. The third kappa shape index (κ3) is 5.21. The van der Waals surface area contributed by atoms with E-state index >= 15 is 0 Å². The van der Waals surface area contributed by atoms with Gasteiger partial charge in [0, 0.05) is 20.1 Å². The summed E-state index contributed by atoms with van der Waals surface area (Å²) in [6.45, 7) is -0.217. The summed E-state index contributed by atoms with van der Waals surface area (Å²) in [5, 5.41) is 15.3. The van der Waals surface area contributed by atoms with E-state index in [9.17, 15) is 14.7 Å². The van der Waals surface area contributed by atoms with Crippen molar-refractivity contribution in [3.8, 4) is 0 Å². The molecule has 3 N–H and O–H groups in total. The van der Waals surface area contributed by atoms with Crippen molar-refractivity contribution in [2.75, 3.05) is 20.7 Å². The van der Waals surface area contributed by atoms with Crippen LogP contribution in [0.3, 0.4) is 0 Å². The molecule has 0 radical (unpaired) electrons. The monoisotopic (exact) mass is 325 g/mol. The lowest BCUT2D eigenvalue weighted by atomic mass is 10.0. The Bertz CT molecular complexity index is 447. The Labute approximate surface area is 137 Å². The molecule has 0 unspecified atom stereocenters. The number of ether oxygens (including phenoxy) is 1. The SMILES string of the molecule is CN(C)C(=O)C[C@H]1C=C[C@@H](NC(=O)NC2CCCC2)[C@@H](CO)O1. The summed E-state index contributed by atoms with van der Waals surface area (Å²) in [5.74, 6) is -0.0401. The summed E-state index contributed by atoms with van der Waals surface area (Å²) in [4.78, 5) is 25.3. The summed E-state index contributed by atoms with van der Waals surface area (Å²) >= 11 is 0. The van der Waals surface area contributed by atoms with E-state index in [1.54, 1.807) is 26.2 Å². The third-order valence-electron chi connectivity index (χ3n) is 4.33. The van der Waals surface area contributed by atoms with Gasteiger partial charge in [0.15, 0.2) is 0 Å². The van der Waals surface area contributed by atoms with Crippen LogP contribution >= 0.6 is 0 Å². The van der Waals surface area contributed by atoms with Gasteiger partial charge in [-0.25, -0.2) is 4.79 Å². The van der Waals surface area contributed by atoms with Crippen LogP contribution in [0.5, 0.6) is 0 Å². The summed E-state index contributed by atoms with van der Waals surface area (Å²) in [7, 11) is 3.38. The summed E-state index contributed by atoms with van der Waals surface area (Å²) in [5.41, 5.74) is 0. The first kappa shape index (κ1) is 17.7. The van der Waals surface area contributed by atoms with Gasteiger partial charge in [0.2, 0.25) is 5.91 Å². The van der Waals surface area contributed by atoms with Gasteiger partial charge in [-0.2, -0.15) is 0 Å². The van der Waals surface area contributed by atoms with E-state index < -0.39 is 12.1 Å². The van der Waals surface area contributed by atoms with E-state index in [0.717, 1.165) is 25.7 Å². The molecule has 1 fully saturated rings. The number of rotatable bonds is 5. The molecule has 1 aliphatic carbocycles. The molecule has 1 aliphatic heterocycles. The van der Waals surface area contributed by atoms with Crippen molar-refractivity contribution in [3.05, 3.63) is 12.2 Å². The molecule has 0 spiro atoms. The zero-order chi connectivity index (χ0) is 16.8. The van der Waals surface area contributed by atoms with E-state index in [1.165, 1.54) is 4.90 Å². The van der Waals surface area contributed by atoms with Crippen LogP contribution in [0.15, 0.2) is 12.2 Å². The first-order valence-electron chi connectivity index (χ1n) is 8.21. The molecule has 7 heteroatoms. The van der Waals surface area contributed by atoms with Gasteiger partial charge >= 0.3 is 6.03 Å². The second-order valence-electron chi connectivity index (χ2n) is 6.40. The van der Waals surface area contributed by atoms with Crippen molar-refractivity contribution in [2.45, 2.75) is 56.4 Å². The average molecular weight is 325 g/mol. The first-order chi connectivity index (χ1) is 11.0. The van der Waals surface area contributed by atoms with Crippen LogP contribution < -0.4 is 10.6 Å². The van der Waals surface area contributed by atoms with Crippen molar-refractivity contribution in [1.29, 1.82) is 0 Å². The minimum Gasteiger partial charge on any atom is -0.394 e. The van der Waals surface area contributed by atoms with Crippen molar-refractivity contribution >= 4 is 11.9 Å². The molecule has 23 heavy (non-hydrogen) atoms. The lowest BCUT2D eigenvalue weighted by molar-refractivity contribution is -0.132. The quantitative estimate of drug-likeness (QED) is 0.638. The molecular formula is C16H27N3O4. The zero-order valence-corrected chi connectivity index (χ0v) is 13.8. The highest BCUT2D eigenvalue weighted by atomic mass is 16.5. The summed E-state index contributed by atoms with van der Waals surface area (Å²) in [6, 6.07) is -0.398. The molecule has 130 valence electrons. The summed E-state index contributed by atoms with van der Waals surface area (Å²) in [6.07, 6.45) is 7.20. The van der Waals surface area contributed by atoms with E-state index in [0.29, 0.717) is 0 Å². The molecule has 0 bridgehead atoms. The van der Waals surface area contributed by atoms with Gasteiger partial charge in [-0.3, -0.25) is 4.79 Å². The van der Waals surface area contributed by atoms with Crippen LogP contribution in [-0.4, -0.2) is 66.9 Å². The molecule has 2 rings (SSSR count). The second kappa shape index (κ2) is 8.31. The zero-order valence-electron chi connectivity index (χ0n) is 13.8. The molecule has 0 aromatic heterocycles. The Morgan fingerprint density at radius 2 is 1.91 bits per heavy atom. The van der Waals surface area contributed by atoms with E-state index in [1.807, 2.05) is 0 Å². The fourth-order valence-corrected chi connectivity index (χ4v) is 2.94. The lowest BCUT2D eigenvalue weighted by Gasteiger charge is -2.32. The highest BCUT2D eigenvalue weighted by Crippen LogP contribution is 2.18. The number of hydrogen-bond acceptors (Lipinski definition) is 4. The maximum absolute atomic E-state index is 12.0. The van der Waals surface area contributed by atoms with Crippen LogP contribution in [-0.2, 0) is 9.53 Å². The fraction of sp³-hybridized carbons (Fsp3) is 0.750. The molecule has 1 saturated carbocycles. The van der Waals surface area contributed by atoms with Gasteiger partial charge < -0.3 is 25.4 Å². The number of urea groups is 1. The van der Waals surface area contributed by atoms with Crippen LogP contribution in [0, 0.1) is 0 Å². The normalized spacial score (nSPS) is 27.7. The largest absolute Gasteiger partial charge is 0.394 e. The van der Waals surface area contributed by atoms with Gasteiger partial charge in [-0.05, 0) is 12.8 Å². The molecule has 3 atom stereocenters. The molecule has 0 saturated heterocycles. The second-order valence-corrected chi connectivity index (χ2v) is 6.40. The molecular weight excluding hydrogens is 298 g/mol. The number of nitrogens with one attached hydrogen (secondary N) is 2. The average Bonchev–Trinajstić information content (AvgIpc) is 3.01. The minimum atomic E-state index is -0.547. The molecule has 7 nitrogen and oxygen atoms in total. The van der Waals surface area contributed by atoms with E-state index in [4.69, 9.17) is 4.74 Å². The predicted octanol–water partition coefficient (Wildman–Crippen LogP) is 0.391. The molecule has 3 amide bonds. The van der Waals surface area contributed by atoms with Crippen molar-refractivity contribution in [1.82, 2.24) is 15.5 Å². The van der Waals surface area contributed by atoms with Gasteiger partial charge in [0.1, 0.15) is 6.10 Å². The maximum Gasteiger partial charge on any atom is 0.315 e. The van der Waals surface area contributed by atoms with Crippen LogP contribution in [0.1, 0.15) is 32.1 Å². The number of carbonyl (C=O) groups excluding carboxylic acids is 2. The smallest absolute Gasteiger partial charge is 0.315 e. The highest BCUT2D eigenvalue weighted by Gasteiger charge is 2.29. The standard InChI is InChI=1S/C16H27N3O4/c1-19(2)15(21)9-12-7-8-13(14(10-20)23-12)18-16(22)17-11-5-3-4-6-11/h7-8,11-14,20H,3-6,9-10H2,1-2H3,(H2,17,18,22)/t12-,13-,14-/m1/s1. The number of aliphatic hydroxyl groups excluding tert-OH is 1. The van der Waals surface area contributed by atoms with Crippen LogP contribution in [0.25, 0.3) is 0 Å². The molecule has 2 aliphatic rings. The predicted molar refractivity (Wildman–Crippen MR) is 85.9 cm³/mol. The Hall–Kier alpha value is -1.60. The number of carbonyl (C=O) groups is 2. The number of aliphatic hydroxyl groups is 1. The van der Waals surface area contributed by atoms with Crippen molar-refractivity contribution in [3.63, 3.8) is 0 Å². The van der Waals surface area contributed by atoms with Gasteiger partial charge in [-0.15, -0.1) is 0 Å². The van der Waals surface area contributed by atoms with E-state index in [-0.39, 0.29) is 37.1 Å². The third-order valence-corrected chi connectivity index (χ3v) is 4.33. The van der Waals surface area contributed by atoms with Gasteiger partial charge in [-0.1, -0.05) is 25.0 Å². The highest BCUT2D eigenvalue weighted by molar-refractivity contribution is 5.76. The van der Waals surface area contributed by atoms with Crippen LogP contribution in [0.2, 0.25) is 0 Å². The lowest BCUT2D eigenvalue weighted by Crippen LogP contribution is -2.52. The minimum absolute atomic E-state index is 0.0401. The summed E-state index contributed by atoms with van der Waals surface area (Å²) < 4.78 is 5.71. The first-order valence-corrected chi connectivity index (χ1v) is 8.21. The van der Waals surface area contributed by atoms with Crippen molar-refractivity contribution in [2.24, 2.45) is 0 Å². The van der Waals surface area contributed by atoms with E-state index in [2.05, 4.69) is 10.6 Å². The molecule has 1 heterocycles.